The Balaban J connectivity index is 2.12. The van der Waals surface area contributed by atoms with Gasteiger partial charge in [0.15, 0.2) is 0 Å². The molecule has 0 spiro atoms. The summed E-state index contributed by atoms with van der Waals surface area (Å²) in [5.41, 5.74) is 1.00. The van der Waals surface area contributed by atoms with Crippen LogP contribution < -0.4 is 5.32 Å². The fourth-order valence-electron chi connectivity index (χ4n) is 1.74. The van der Waals surface area contributed by atoms with Crippen molar-refractivity contribution in [3.63, 3.8) is 0 Å². The van der Waals surface area contributed by atoms with Gasteiger partial charge in [0.2, 0.25) is 0 Å². The highest BCUT2D eigenvalue weighted by atomic mass is 79.9. The first-order valence-corrected chi connectivity index (χ1v) is 7.51. The second kappa shape index (κ2) is 6.86. The van der Waals surface area contributed by atoms with Crippen molar-refractivity contribution < 1.29 is 14.7 Å². The molecule has 1 aromatic carbocycles. The molecule has 0 aliphatic rings. The summed E-state index contributed by atoms with van der Waals surface area (Å²) in [6, 6.07) is 4.00. The van der Waals surface area contributed by atoms with Gasteiger partial charge in [0.05, 0.1) is 6.33 Å². The number of carbonyl (C=O) groups is 2. The van der Waals surface area contributed by atoms with Gasteiger partial charge in [-0.15, -0.1) is 0 Å². The Bertz CT molecular complexity index is 638. The number of hydrogen-bond donors (Lipinski definition) is 3. The van der Waals surface area contributed by atoms with Gasteiger partial charge in [-0.25, -0.2) is 9.78 Å². The number of carbonyl (C=O) groups excluding carboxylic acids is 1. The van der Waals surface area contributed by atoms with E-state index in [0.29, 0.717) is 11.3 Å². The molecule has 0 saturated carbocycles. The van der Waals surface area contributed by atoms with E-state index < -0.39 is 17.9 Å². The largest absolute Gasteiger partial charge is 0.480 e. The monoisotopic (exact) mass is 415 g/mol. The van der Waals surface area contributed by atoms with E-state index in [0.717, 1.165) is 8.95 Å². The molecular formula is C13H11Br2N3O3. The number of amides is 1. The summed E-state index contributed by atoms with van der Waals surface area (Å²) in [6.45, 7) is 0. The lowest BCUT2D eigenvalue weighted by Gasteiger charge is -2.14. The molecule has 0 unspecified atom stereocenters. The number of hydrogen-bond acceptors (Lipinski definition) is 3. The minimum absolute atomic E-state index is 0.135. The zero-order valence-electron chi connectivity index (χ0n) is 10.6. The third-order valence-electron chi connectivity index (χ3n) is 2.71. The van der Waals surface area contributed by atoms with Crippen LogP contribution in [0.2, 0.25) is 0 Å². The Hall–Kier alpha value is -1.67. The third-order valence-corrected chi connectivity index (χ3v) is 3.62. The molecule has 0 radical (unpaired) electrons. The van der Waals surface area contributed by atoms with Crippen molar-refractivity contribution >= 4 is 43.7 Å². The smallest absolute Gasteiger partial charge is 0.326 e. The van der Waals surface area contributed by atoms with Crippen molar-refractivity contribution in [1.29, 1.82) is 0 Å². The van der Waals surface area contributed by atoms with Gasteiger partial charge in [0.1, 0.15) is 6.04 Å². The number of aromatic nitrogens is 2. The first kappa shape index (κ1) is 15.7. The van der Waals surface area contributed by atoms with Crippen molar-refractivity contribution in [3.05, 3.63) is 50.9 Å². The van der Waals surface area contributed by atoms with E-state index in [9.17, 15) is 14.7 Å². The predicted octanol–water partition coefficient (Wildman–Crippen LogP) is 2.36. The third kappa shape index (κ3) is 4.40. The maximum Gasteiger partial charge on any atom is 0.326 e. The van der Waals surface area contributed by atoms with E-state index in [2.05, 4.69) is 47.1 Å². The Morgan fingerprint density at radius 1 is 1.29 bits per heavy atom. The van der Waals surface area contributed by atoms with E-state index in [4.69, 9.17) is 0 Å². The Labute approximate surface area is 137 Å². The van der Waals surface area contributed by atoms with Gasteiger partial charge in [0, 0.05) is 32.8 Å². The molecule has 110 valence electrons. The fourth-order valence-corrected chi connectivity index (χ4v) is 3.04. The van der Waals surface area contributed by atoms with Crippen molar-refractivity contribution in [2.45, 2.75) is 12.5 Å². The topological polar surface area (TPSA) is 95.1 Å². The summed E-state index contributed by atoms with van der Waals surface area (Å²) in [7, 11) is 0. The Morgan fingerprint density at radius 2 is 1.95 bits per heavy atom. The first-order valence-electron chi connectivity index (χ1n) is 5.92. The van der Waals surface area contributed by atoms with E-state index in [1.807, 2.05) is 0 Å². The fraction of sp³-hybridized carbons (Fsp3) is 0.154. The van der Waals surface area contributed by atoms with Crippen LogP contribution in [0.25, 0.3) is 0 Å². The summed E-state index contributed by atoms with van der Waals surface area (Å²) in [5.74, 6) is -1.56. The Kier molecular flexibility index (Phi) is 5.13. The number of H-pyrrole nitrogens is 1. The van der Waals surface area contributed by atoms with Crippen LogP contribution in [0.1, 0.15) is 16.1 Å². The zero-order chi connectivity index (χ0) is 15.4. The molecule has 1 aromatic heterocycles. The van der Waals surface area contributed by atoms with Crippen molar-refractivity contribution in [2.24, 2.45) is 0 Å². The maximum absolute atomic E-state index is 12.2. The van der Waals surface area contributed by atoms with Crippen molar-refractivity contribution in [2.75, 3.05) is 0 Å². The quantitative estimate of drug-likeness (QED) is 0.697. The molecule has 0 aliphatic carbocycles. The average Bonchev–Trinajstić information content (AvgIpc) is 2.89. The van der Waals surface area contributed by atoms with Gasteiger partial charge in [-0.2, -0.15) is 0 Å². The summed E-state index contributed by atoms with van der Waals surface area (Å²) < 4.78 is 1.45. The van der Waals surface area contributed by atoms with E-state index in [-0.39, 0.29) is 6.42 Å². The highest BCUT2D eigenvalue weighted by Crippen LogP contribution is 2.20. The number of halogens is 2. The van der Waals surface area contributed by atoms with Gasteiger partial charge in [-0.05, 0) is 18.2 Å². The molecule has 8 heteroatoms. The van der Waals surface area contributed by atoms with Crippen molar-refractivity contribution in [3.8, 4) is 0 Å². The zero-order valence-corrected chi connectivity index (χ0v) is 13.8. The lowest BCUT2D eigenvalue weighted by molar-refractivity contribution is -0.139. The lowest BCUT2D eigenvalue weighted by atomic mass is 10.1. The van der Waals surface area contributed by atoms with Crippen LogP contribution in [-0.4, -0.2) is 33.0 Å². The minimum atomic E-state index is -1.10. The number of benzene rings is 1. The summed E-state index contributed by atoms with van der Waals surface area (Å²) in [6.07, 6.45) is 3.12. The SMILES string of the molecule is O=C(N[C@@H](Cc1cnc[nH]1)C(=O)O)c1cc(Br)cc(Br)c1. The molecule has 0 bridgehead atoms. The molecule has 0 saturated heterocycles. The summed E-state index contributed by atoms with van der Waals surface area (Å²) in [5, 5.41) is 11.7. The highest BCUT2D eigenvalue weighted by molar-refractivity contribution is 9.11. The van der Waals surface area contributed by atoms with Crippen LogP contribution in [0.4, 0.5) is 0 Å². The van der Waals surface area contributed by atoms with Crippen LogP contribution in [0.3, 0.4) is 0 Å². The molecule has 2 aromatic rings. The lowest BCUT2D eigenvalue weighted by Crippen LogP contribution is -2.42. The van der Waals surface area contributed by atoms with Crippen LogP contribution in [0.15, 0.2) is 39.7 Å². The van der Waals surface area contributed by atoms with Gasteiger partial charge < -0.3 is 15.4 Å². The normalized spacial score (nSPS) is 11.9. The summed E-state index contributed by atoms with van der Waals surface area (Å²) >= 11 is 6.57. The second-order valence-corrected chi connectivity index (χ2v) is 6.13. The standard InChI is InChI=1S/C13H11Br2N3O3/c14-8-1-7(2-9(15)3-8)12(19)18-11(13(20)21)4-10-5-16-6-17-10/h1-3,5-6,11H,4H2,(H,16,17)(H,18,19)(H,20,21)/t11-/m0/s1. The van der Waals surface area contributed by atoms with E-state index >= 15 is 0 Å². The molecule has 21 heavy (non-hydrogen) atoms. The molecule has 6 nitrogen and oxygen atoms in total. The highest BCUT2D eigenvalue weighted by Gasteiger charge is 2.22. The van der Waals surface area contributed by atoms with Crippen LogP contribution in [-0.2, 0) is 11.2 Å². The predicted molar refractivity (Wildman–Crippen MR) is 83.0 cm³/mol. The second-order valence-electron chi connectivity index (χ2n) is 4.30. The van der Waals surface area contributed by atoms with E-state index in [1.165, 1.54) is 12.5 Å². The summed E-state index contributed by atoms with van der Waals surface area (Å²) in [4.78, 5) is 30.0. The number of nitrogens with zero attached hydrogens (tertiary/aromatic N) is 1. The molecule has 2 rings (SSSR count). The molecule has 1 amide bonds. The number of rotatable bonds is 5. The van der Waals surface area contributed by atoms with Crippen LogP contribution in [0.5, 0.6) is 0 Å². The van der Waals surface area contributed by atoms with Gasteiger partial charge in [-0.1, -0.05) is 31.9 Å². The Morgan fingerprint density at radius 3 is 2.48 bits per heavy atom. The number of aliphatic carboxylic acids is 1. The van der Waals surface area contributed by atoms with Crippen LogP contribution in [0, 0.1) is 0 Å². The van der Waals surface area contributed by atoms with Gasteiger partial charge >= 0.3 is 5.97 Å². The maximum atomic E-state index is 12.2. The number of aromatic amines is 1. The van der Waals surface area contributed by atoms with Gasteiger partial charge in [0.25, 0.3) is 5.91 Å². The van der Waals surface area contributed by atoms with E-state index in [1.54, 1.807) is 18.2 Å². The number of carboxylic acids is 1. The molecule has 3 N–H and O–H groups in total. The number of imidazole rings is 1. The molecule has 1 heterocycles. The van der Waals surface area contributed by atoms with Crippen molar-refractivity contribution in [1.82, 2.24) is 15.3 Å². The number of carboxylic acid groups (broad SMARTS) is 1. The number of nitrogens with one attached hydrogen (secondary N) is 2. The molecule has 0 fully saturated rings. The average molecular weight is 417 g/mol. The minimum Gasteiger partial charge on any atom is -0.480 e. The molecule has 1 atom stereocenters. The molecular weight excluding hydrogens is 406 g/mol. The molecule has 0 aliphatic heterocycles. The van der Waals surface area contributed by atoms with Gasteiger partial charge in [-0.3, -0.25) is 4.79 Å². The first-order chi connectivity index (χ1) is 9.95. The van der Waals surface area contributed by atoms with Crippen LogP contribution >= 0.6 is 31.9 Å².